The van der Waals surface area contributed by atoms with Gasteiger partial charge in [0.2, 0.25) is 5.91 Å². The molecule has 1 aromatic heterocycles. The van der Waals surface area contributed by atoms with Crippen LogP contribution in [-0.2, 0) is 21.9 Å². The Morgan fingerprint density at radius 3 is 2.19 bits per heavy atom. The van der Waals surface area contributed by atoms with Gasteiger partial charge in [-0.05, 0) is 75.6 Å². The Balaban J connectivity index is 2.05. The van der Waals surface area contributed by atoms with Crippen LogP contribution in [0, 0.1) is 34.6 Å². The molecule has 0 atom stereocenters. The number of aryl methyl sites for hydroxylation is 5. The molecular formula is C23H28N4O3S. The summed E-state index contributed by atoms with van der Waals surface area (Å²) >= 11 is 0. The number of aromatic nitrogens is 2. The lowest BCUT2D eigenvalue weighted by atomic mass is 10.1. The van der Waals surface area contributed by atoms with Gasteiger partial charge >= 0.3 is 0 Å². The molecule has 0 saturated heterocycles. The van der Waals surface area contributed by atoms with Gasteiger partial charge in [0.1, 0.15) is 11.4 Å². The van der Waals surface area contributed by atoms with E-state index in [1.165, 1.54) is 4.68 Å². The van der Waals surface area contributed by atoms with Crippen LogP contribution in [0.1, 0.15) is 28.1 Å². The quantitative estimate of drug-likeness (QED) is 0.632. The molecule has 0 aliphatic rings. The first-order valence-electron chi connectivity index (χ1n) is 9.97. The molecule has 1 heterocycles. The normalized spacial score (nSPS) is 11.4. The minimum Gasteiger partial charge on any atom is -0.325 e. The highest BCUT2D eigenvalue weighted by Gasteiger charge is 2.32. The van der Waals surface area contributed by atoms with E-state index >= 15 is 0 Å². The van der Waals surface area contributed by atoms with Gasteiger partial charge in [-0.3, -0.25) is 13.8 Å². The number of amides is 1. The Morgan fingerprint density at radius 2 is 1.65 bits per heavy atom. The number of nitrogens with zero attached hydrogens (tertiary/aromatic N) is 3. The van der Waals surface area contributed by atoms with E-state index in [0.29, 0.717) is 22.8 Å². The molecular weight excluding hydrogens is 412 g/mol. The van der Waals surface area contributed by atoms with Crippen LogP contribution in [0.2, 0.25) is 0 Å². The number of carbonyl (C=O) groups excluding carboxylic acids is 1. The Kier molecular flexibility index (Phi) is 6.22. The number of carbonyl (C=O) groups is 1. The third-order valence-electron chi connectivity index (χ3n) is 5.07. The van der Waals surface area contributed by atoms with Gasteiger partial charge < -0.3 is 5.32 Å². The van der Waals surface area contributed by atoms with Crippen LogP contribution >= 0.6 is 0 Å². The Hall–Kier alpha value is -3.13. The fourth-order valence-corrected chi connectivity index (χ4v) is 5.51. The number of benzene rings is 2. The highest BCUT2D eigenvalue weighted by atomic mass is 32.2. The first-order chi connectivity index (χ1) is 14.5. The smallest absolute Gasteiger partial charge is 0.268 e. The van der Waals surface area contributed by atoms with E-state index in [9.17, 15) is 13.2 Å². The molecule has 1 amide bonds. The standard InChI is InChI=1S/C23H28N4O3S/c1-15-8-7-9-20(11-15)24-22(28)14-27(21-12-16(2)10-17(3)13-21)31(29,30)23-18(4)25-26(6)19(23)5/h7-13H,14H2,1-6H3,(H,24,28). The summed E-state index contributed by atoms with van der Waals surface area (Å²) in [6.45, 7) is 8.73. The van der Waals surface area contributed by atoms with Gasteiger partial charge in [0.25, 0.3) is 10.0 Å². The highest BCUT2D eigenvalue weighted by molar-refractivity contribution is 7.93. The number of rotatable bonds is 6. The number of hydrogen-bond acceptors (Lipinski definition) is 4. The van der Waals surface area contributed by atoms with Crippen LogP contribution in [0.15, 0.2) is 47.4 Å². The lowest BCUT2D eigenvalue weighted by molar-refractivity contribution is -0.114. The van der Waals surface area contributed by atoms with Crippen LogP contribution in [-0.4, -0.2) is 30.7 Å². The van der Waals surface area contributed by atoms with Gasteiger partial charge in [0.15, 0.2) is 0 Å². The SMILES string of the molecule is Cc1cccc(NC(=O)CN(c2cc(C)cc(C)c2)S(=O)(=O)c2c(C)nn(C)c2C)c1. The van der Waals surface area contributed by atoms with Crippen molar-refractivity contribution >= 4 is 27.3 Å². The number of anilines is 2. The molecule has 7 nitrogen and oxygen atoms in total. The van der Waals surface area contributed by atoms with E-state index in [-0.39, 0.29) is 11.4 Å². The minimum atomic E-state index is -4.03. The van der Waals surface area contributed by atoms with Crippen molar-refractivity contribution in [1.82, 2.24) is 9.78 Å². The maximum Gasteiger partial charge on any atom is 0.268 e. The van der Waals surface area contributed by atoms with Crippen LogP contribution in [0.4, 0.5) is 11.4 Å². The molecule has 0 spiro atoms. The zero-order valence-corrected chi connectivity index (χ0v) is 19.5. The lowest BCUT2D eigenvalue weighted by Gasteiger charge is -2.25. The maximum absolute atomic E-state index is 13.7. The van der Waals surface area contributed by atoms with Crippen LogP contribution in [0.3, 0.4) is 0 Å². The summed E-state index contributed by atoms with van der Waals surface area (Å²) < 4.78 is 30.2. The lowest BCUT2D eigenvalue weighted by Crippen LogP contribution is -2.38. The molecule has 3 aromatic rings. The molecule has 164 valence electrons. The van der Waals surface area contributed by atoms with E-state index in [0.717, 1.165) is 21.0 Å². The molecule has 0 fully saturated rings. The molecule has 0 saturated carbocycles. The zero-order chi connectivity index (χ0) is 22.9. The third-order valence-corrected chi connectivity index (χ3v) is 7.10. The second-order valence-corrected chi connectivity index (χ2v) is 9.70. The molecule has 2 aromatic carbocycles. The van der Waals surface area contributed by atoms with Gasteiger partial charge in [-0.25, -0.2) is 8.42 Å². The number of hydrogen-bond donors (Lipinski definition) is 1. The summed E-state index contributed by atoms with van der Waals surface area (Å²) in [7, 11) is -2.33. The first-order valence-corrected chi connectivity index (χ1v) is 11.4. The van der Waals surface area contributed by atoms with Crippen molar-refractivity contribution < 1.29 is 13.2 Å². The van der Waals surface area contributed by atoms with E-state index in [4.69, 9.17) is 0 Å². The second kappa shape index (κ2) is 8.55. The Labute approximate surface area is 183 Å². The largest absolute Gasteiger partial charge is 0.325 e. The Morgan fingerprint density at radius 1 is 1.00 bits per heavy atom. The van der Waals surface area contributed by atoms with Crippen LogP contribution < -0.4 is 9.62 Å². The van der Waals surface area contributed by atoms with Gasteiger partial charge in [-0.1, -0.05) is 18.2 Å². The third kappa shape index (κ3) is 4.80. The topological polar surface area (TPSA) is 84.3 Å². The van der Waals surface area contributed by atoms with Gasteiger partial charge in [-0.15, -0.1) is 0 Å². The molecule has 1 N–H and O–H groups in total. The molecule has 8 heteroatoms. The summed E-state index contributed by atoms with van der Waals surface area (Å²) in [6, 6.07) is 12.9. The molecule has 0 radical (unpaired) electrons. The van der Waals surface area contributed by atoms with Crippen molar-refractivity contribution in [2.75, 3.05) is 16.2 Å². The second-order valence-electron chi connectivity index (χ2n) is 7.90. The predicted octanol–water partition coefficient (Wildman–Crippen LogP) is 3.80. The summed E-state index contributed by atoms with van der Waals surface area (Å²) in [5.41, 5.74) is 4.80. The summed E-state index contributed by atoms with van der Waals surface area (Å²) in [4.78, 5) is 13.0. The fourth-order valence-electron chi connectivity index (χ4n) is 3.70. The van der Waals surface area contributed by atoms with E-state index < -0.39 is 15.9 Å². The van der Waals surface area contributed by atoms with Crippen molar-refractivity contribution in [3.63, 3.8) is 0 Å². The van der Waals surface area contributed by atoms with Crippen molar-refractivity contribution in [3.05, 3.63) is 70.5 Å². The first kappa shape index (κ1) is 22.6. The summed E-state index contributed by atoms with van der Waals surface area (Å²) in [5.74, 6) is -0.424. The minimum absolute atomic E-state index is 0.123. The van der Waals surface area contributed by atoms with Crippen molar-refractivity contribution in [2.24, 2.45) is 7.05 Å². The zero-order valence-electron chi connectivity index (χ0n) is 18.7. The average molecular weight is 441 g/mol. The Bertz CT molecular complexity index is 1230. The summed E-state index contributed by atoms with van der Waals surface area (Å²) in [5, 5.41) is 7.06. The van der Waals surface area contributed by atoms with Crippen molar-refractivity contribution in [3.8, 4) is 0 Å². The van der Waals surface area contributed by atoms with Crippen molar-refractivity contribution in [1.29, 1.82) is 0 Å². The van der Waals surface area contributed by atoms with Gasteiger partial charge in [-0.2, -0.15) is 5.10 Å². The highest BCUT2D eigenvalue weighted by Crippen LogP contribution is 2.29. The monoisotopic (exact) mass is 440 g/mol. The predicted molar refractivity (Wildman–Crippen MR) is 123 cm³/mol. The molecule has 3 rings (SSSR count). The van der Waals surface area contributed by atoms with E-state index in [1.54, 1.807) is 39.1 Å². The van der Waals surface area contributed by atoms with E-state index in [2.05, 4.69) is 10.4 Å². The number of sulfonamides is 1. The maximum atomic E-state index is 13.7. The number of nitrogens with one attached hydrogen (secondary N) is 1. The molecule has 0 unspecified atom stereocenters. The molecule has 0 bridgehead atoms. The van der Waals surface area contributed by atoms with E-state index in [1.807, 2.05) is 45.0 Å². The van der Waals surface area contributed by atoms with Gasteiger partial charge in [0.05, 0.1) is 17.1 Å². The summed E-state index contributed by atoms with van der Waals surface area (Å²) in [6.07, 6.45) is 0. The fraction of sp³-hybridized carbons (Fsp3) is 0.304. The van der Waals surface area contributed by atoms with Crippen LogP contribution in [0.25, 0.3) is 0 Å². The molecule has 0 aliphatic heterocycles. The molecule has 31 heavy (non-hydrogen) atoms. The average Bonchev–Trinajstić information content (AvgIpc) is 2.91. The van der Waals surface area contributed by atoms with Gasteiger partial charge in [0, 0.05) is 12.7 Å². The van der Waals surface area contributed by atoms with Crippen LogP contribution in [0.5, 0.6) is 0 Å². The van der Waals surface area contributed by atoms with Crippen molar-refractivity contribution in [2.45, 2.75) is 39.5 Å². The molecule has 0 aliphatic carbocycles.